The number of likely N-dealkylation sites (N-methyl/N-ethyl adjacent to an activating group) is 1. The first-order chi connectivity index (χ1) is 9.51. The predicted molar refractivity (Wildman–Crippen MR) is 83.7 cm³/mol. The maximum atomic E-state index is 10.1. The Morgan fingerprint density at radius 2 is 2.00 bits per heavy atom. The summed E-state index contributed by atoms with van der Waals surface area (Å²) in [6, 6.07) is 10.3. The smallest absolute Gasteiger partial charge is 0.0797 e. The monoisotopic (exact) mass is 276 g/mol. The second-order valence-corrected chi connectivity index (χ2v) is 6.76. The number of nitrogens with one attached hydrogen (secondary N) is 1. The molecular weight excluding hydrogens is 248 g/mol. The molecule has 20 heavy (non-hydrogen) atoms. The van der Waals surface area contributed by atoms with E-state index in [1.54, 1.807) is 0 Å². The molecule has 0 saturated carbocycles. The molecule has 1 aromatic carbocycles. The first kappa shape index (κ1) is 15.5. The van der Waals surface area contributed by atoms with E-state index < -0.39 is 0 Å². The summed E-state index contributed by atoms with van der Waals surface area (Å²) in [6.07, 6.45) is 1.23. The molecule has 0 spiro atoms. The third-order valence-electron chi connectivity index (χ3n) is 4.36. The van der Waals surface area contributed by atoms with E-state index in [-0.39, 0.29) is 12.1 Å². The van der Waals surface area contributed by atoms with E-state index in [1.165, 1.54) is 12.0 Å². The summed E-state index contributed by atoms with van der Waals surface area (Å²) in [6.45, 7) is 10.8. The van der Waals surface area contributed by atoms with Crippen LogP contribution in [0.15, 0.2) is 30.3 Å². The van der Waals surface area contributed by atoms with Crippen LogP contribution in [0.1, 0.15) is 32.8 Å². The highest BCUT2D eigenvalue weighted by Crippen LogP contribution is 2.31. The van der Waals surface area contributed by atoms with Gasteiger partial charge in [0.1, 0.15) is 0 Å². The summed E-state index contributed by atoms with van der Waals surface area (Å²) >= 11 is 0. The molecule has 3 heteroatoms. The number of hydrogen-bond donors (Lipinski definition) is 2. The fraction of sp³-hybridized carbons (Fsp3) is 0.647. The van der Waals surface area contributed by atoms with Gasteiger partial charge in [-0.05, 0) is 30.5 Å². The van der Waals surface area contributed by atoms with Gasteiger partial charge >= 0.3 is 0 Å². The third kappa shape index (κ3) is 3.40. The number of likely N-dealkylation sites (tertiary alicyclic amines) is 1. The maximum Gasteiger partial charge on any atom is 0.0797 e. The molecule has 3 nitrogen and oxygen atoms in total. The van der Waals surface area contributed by atoms with Gasteiger partial charge in [0.2, 0.25) is 0 Å². The van der Waals surface area contributed by atoms with Gasteiger partial charge in [-0.1, -0.05) is 51.1 Å². The molecule has 1 fully saturated rings. The first-order valence-corrected chi connectivity index (χ1v) is 7.65. The molecule has 1 aromatic rings. The third-order valence-corrected chi connectivity index (χ3v) is 4.36. The van der Waals surface area contributed by atoms with Gasteiger partial charge in [0, 0.05) is 13.1 Å². The van der Waals surface area contributed by atoms with E-state index in [0.29, 0.717) is 5.41 Å². The predicted octanol–water partition coefficient (Wildman–Crippen LogP) is 2.22. The number of nitrogens with zero attached hydrogens (tertiary/aromatic N) is 1. The van der Waals surface area contributed by atoms with Crippen molar-refractivity contribution in [1.82, 2.24) is 10.2 Å². The number of aliphatic hydroxyl groups is 1. The van der Waals surface area contributed by atoms with Gasteiger partial charge in [-0.25, -0.2) is 0 Å². The molecule has 2 N–H and O–H groups in total. The molecule has 112 valence electrons. The zero-order valence-electron chi connectivity index (χ0n) is 13.0. The van der Waals surface area contributed by atoms with E-state index >= 15 is 0 Å². The average molecular weight is 276 g/mol. The van der Waals surface area contributed by atoms with Crippen LogP contribution in [0.4, 0.5) is 0 Å². The second kappa shape index (κ2) is 6.25. The zero-order chi connectivity index (χ0) is 14.6. The van der Waals surface area contributed by atoms with Gasteiger partial charge in [-0.15, -0.1) is 0 Å². The second-order valence-electron chi connectivity index (χ2n) is 6.76. The Kier molecular flexibility index (Phi) is 4.84. The van der Waals surface area contributed by atoms with Crippen molar-refractivity contribution < 1.29 is 5.11 Å². The number of hydrogen-bond acceptors (Lipinski definition) is 3. The van der Waals surface area contributed by atoms with Gasteiger partial charge in [0.25, 0.3) is 0 Å². The normalized spacial score (nSPS) is 21.8. The molecule has 0 aromatic heterocycles. The summed E-state index contributed by atoms with van der Waals surface area (Å²) in [5.41, 5.74) is 1.22. The molecule has 1 saturated heterocycles. The van der Waals surface area contributed by atoms with Crippen molar-refractivity contribution in [2.75, 3.05) is 32.8 Å². The van der Waals surface area contributed by atoms with E-state index in [9.17, 15) is 5.11 Å². The Bertz CT molecular complexity index is 418. The molecule has 1 heterocycles. The van der Waals surface area contributed by atoms with E-state index in [2.05, 4.69) is 43.1 Å². The van der Waals surface area contributed by atoms with E-state index in [0.717, 1.165) is 26.2 Å². The summed E-state index contributed by atoms with van der Waals surface area (Å²) in [5, 5.41) is 13.6. The van der Waals surface area contributed by atoms with Gasteiger partial charge in [-0.3, -0.25) is 0 Å². The Morgan fingerprint density at radius 3 is 2.50 bits per heavy atom. The first-order valence-electron chi connectivity index (χ1n) is 7.65. The van der Waals surface area contributed by atoms with Crippen LogP contribution in [-0.2, 0) is 5.54 Å². The Hall–Kier alpha value is -0.900. The molecule has 1 atom stereocenters. The van der Waals surface area contributed by atoms with Crippen molar-refractivity contribution in [2.45, 2.75) is 32.7 Å². The molecule has 0 radical (unpaired) electrons. The molecule has 1 aliphatic rings. The van der Waals surface area contributed by atoms with Crippen LogP contribution in [0.2, 0.25) is 0 Å². The molecular formula is C17H28N2O. The van der Waals surface area contributed by atoms with Crippen LogP contribution >= 0.6 is 0 Å². The molecule has 0 bridgehead atoms. The lowest BCUT2D eigenvalue weighted by Gasteiger charge is -2.37. The van der Waals surface area contributed by atoms with Crippen molar-refractivity contribution in [3.8, 4) is 0 Å². The van der Waals surface area contributed by atoms with Gasteiger partial charge < -0.3 is 15.3 Å². The molecule has 0 amide bonds. The number of rotatable bonds is 6. The van der Waals surface area contributed by atoms with Crippen LogP contribution in [0.25, 0.3) is 0 Å². The van der Waals surface area contributed by atoms with Crippen molar-refractivity contribution in [3.63, 3.8) is 0 Å². The summed E-state index contributed by atoms with van der Waals surface area (Å²) in [5.74, 6) is 0. The minimum absolute atomic E-state index is 0.127. The Morgan fingerprint density at radius 1 is 1.30 bits per heavy atom. The van der Waals surface area contributed by atoms with Crippen molar-refractivity contribution in [2.24, 2.45) is 5.41 Å². The SMILES string of the molecule is CCNC(CO)(CN1CCC(C)(C)C1)c1ccccc1. The highest BCUT2D eigenvalue weighted by Gasteiger charge is 2.37. The molecule has 1 unspecified atom stereocenters. The summed E-state index contributed by atoms with van der Waals surface area (Å²) < 4.78 is 0. The maximum absolute atomic E-state index is 10.1. The zero-order valence-corrected chi connectivity index (χ0v) is 13.0. The minimum Gasteiger partial charge on any atom is -0.394 e. The average Bonchev–Trinajstić information content (AvgIpc) is 2.78. The quantitative estimate of drug-likeness (QED) is 0.836. The van der Waals surface area contributed by atoms with Gasteiger partial charge in [0.05, 0.1) is 12.1 Å². The largest absolute Gasteiger partial charge is 0.394 e. The number of benzene rings is 1. The Labute approximate surface area is 123 Å². The van der Waals surface area contributed by atoms with Gasteiger partial charge in [0.15, 0.2) is 0 Å². The highest BCUT2D eigenvalue weighted by atomic mass is 16.3. The molecule has 2 rings (SSSR count). The van der Waals surface area contributed by atoms with Crippen molar-refractivity contribution in [1.29, 1.82) is 0 Å². The topological polar surface area (TPSA) is 35.5 Å². The van der Waals surface area contributed by atoms with Crippen molar-refractivity contribution in [3.05, 3.63) is 35.9 Å². The van der Waals surface area contributed by atoms with E-state index in [1.807, 2.05) is 18.2 Å². The lowest BCUT2D eigenvalue weighted by molar-refractivity contribution is 0.114. The van der Waals surface area contributed by atoms with Crippen LogP contribution in [0.5, 0.6) is 0 Å². The lowest BCUT2D eigenvalue weighted by Crippen LogP contribution is -2.53. The standard InChI is InChI=1S/C17H28N2O/c1-4-18-17(14-20,15-8-6-5-7-9-15)13-19-11-10-16(2,3)12-19/h5-9,18,20H,4,10-14H2,1-3H3. The molecule has 1 aliphatic heterocycles. The lowest BCUT2D eigenvalue weighted by atomic mass is 9.89. The Balaban J connectivity index is 2.19. The number of aliphatic hydroxyl groups excluding tert-OH is 1. The van der Waals surface area contributed by atoms with Crippen molar-refractivity contribution >= 4 is 0 Å². The van der Waals surface area contributed by atoms with Crippen LogP contribution in [0, 0.1) is 5.41 Å². The fourth-order valence-electron chi connectivity index (χ4n) is 3.28. The van der Waals surface area contributed by atoms with E-state index in [4.69, 9.17) is 0 Å². The summed E-state index contributed by atoms with van der Waals surface area (Å²) in [7, 11) is 0. The minimum atomic E-state index is -0.351. The van der Waals surface area contributed by atoms with Crippen LogP contribution < -0.4 is 5.32 Å². The molecule has 0 aliphatic carbocycles. The van der Waals surface area contributed by atoms with Crippen LogP contribution in [-0.4, -0.2) is 42.8 Å². The highest BCUT2D eigenvalue weighted by molar-refractivity contribution is 5.25. The van der Waals surface area contributed by atoms with Crippen LogP contribution in [0.3, 0.4) is 0 Å². The van der Waals surface area contributed by atoms with Gasteiger partial charge in [-0.2, -0.15) is 0 Å². The summed E-state index contributed by atoms with van der Waals surface area (Å²) in [4.78, 5) is 2.48. The fourth-order valence-corrected chi connectivity index (χ4v) is 3.28.